The molecule has 0 amide bonds. The van der Waals surface area contributed by atoms with Gasteiger partial charge in [-0.3, -0.25) is 0 Å². The lowest BCUT2D eigenvalue weighted by molar-refractivity contribution is -0.193. The first-order chi connectivity index (χ1) is 18.6. The number of rotatable bonds is 2. The summed E-state index contributed by atoms with van der Waals surface area (Å²) >= 11 is 0. The Morgan fingerprint density at radius 2 is 1.40 bits per heavy atom. The highest BCUT2D eigenvalue weighted by atomic mass is 19.4. The Labute approximate surface area is 224 Å². The summed E-state index contributed by atoms with van der Waals surface area (Å²) in [6, 6.07) is 7.59. The monoisotopic (exact) mass is 582 g/mol. The summed E-state index contributed by atoms with van der Waals surface area (Å²) in [6.07, 6.45) is -0.382. The van der Waals surface area contributed by atoms with Crippen LogP contribution in [0.4, 0.5) is 30.7 Å². The van der Waals surface area contributed by atoms with E-state index < -0.39 is 24.3 Å². The molecule has 0 unspecified atom stereocenters. The number of aromatic nitrogens is 2. The molecule has 1 aromatic heterocycles. The van der Waals surface area contributed by atoms with Crippen molar-refractivity contribution >= 4 is 11.9 Å². The normalized spacial score (nSPS) is 19.2. The molecule has 2 aliphatic heterocycles. The lowest BCUT2D eigenvalue weighted by atomic mass is 9.84. The molecule has 0 radical (unpaired) electrons. The van der Waals surface area contributed by atoms with Gasteiger partial charge in [0.15, 0.2) is 0 Å². The van der Waals surface area contributed by atoms with Crippen molar-refractivity contribution in [3.63, 3.8) is 0 Å². The number of nitrogens with one attached hydrogen (secondary N) is 1. The van der Waals surface area contributed by atoms with Crippen molar-refractivity contribution in [3.8, 4) is 11.3 Å². The maximum absolute atomic E-state index is 13.3. The number of hydrogen-bond donors (Lipinski definition) is 3. The summed E-state index contributed by atoms with van der Waals surface area (Å²) in [5, 5.41) is 18.1. The third kappa shape index (κ3) is 7.71. The van der Waals surface area contributed by atoms with Crippen LogP contribution in [0.25, 0.3) is 11.3 Å². The molecule has 2 fully saturated rings. The fourth-order valence-corrected chi connectivity index (χ4v) is 5.26. The Morgan fingerprint density at radius 1 is 0.900 bits per heavy atom. The molecule has 1 saturated carbocycles. The number of aliphatic carboxylic acids is 2. The van der Waals surface area contributed by atoms with Crippen molar-refractivity contribution in [3.05, 3.63) is 42.1 Å². The lowest BCUT2D eigenvalue weighted by Crippen LogP contribution is -2.56. The molecule has 5 rings (SSSR count). The molecule has 1 saturated heterocycles. The largest absolute Gasteiger partial charge is 0.490 e. The average Bonchev–Trinajstić information content (AvgIpc) is 3.56. The van der Waals surface area contributed by atoms with Crippen LogP contribution in [0.5, 0.6) is 0 Å². The highest BCUT2D eigenvalue weighted by molar-refractivity contribution is 5.73. The molecule has 3 aliphatic rings. The number of halogens is 7. The number of carboxylic acids is 2. The molecule has 0 atom stereocenters. The minimum Gasteiger partial charge on any atom is -0.475 e. The number of fused-ring (bicyclic) bond motifs is 2. The van der Waals surface area contributed by atoms with E-state index in [9.17, 15) is 30.7 Å². The number of carbonyl (C=O) groups is 2. The third-order valence-electron chi connectivity index (χ3n) is 7.20. The highest BCUT2D eigenvalue weighted by Gasteiger charge is 2.43. The number of carboxylic acid groups (broad SMARTS) is 2. The van der Waals surface area contributed by atoms with E-state index in [0.717, 1.165) is 56.3 Å². The topological polar surface area (TPSA) is 108 Å². The first-order valence-corrected chi connectivity index (χ1v) is 12.6. The Bertz CT molecular complexity index is 1130. The summed E-state index contributed by atoms with van der Waals surface area (Å²) in [4.78, 5) is 25.3. The zero-order valence-electron chi connectivity index (χ0n) is 21.2. The Kier molecular flexibility index (Phi) is 9.82. The van der Waals surface area contributed by atoms with E-state index in [1.165, 1.54) is 43.6 Å². The standard InChI is InChI=1S/C21H27FN4.2C2HF3O2/c22-17-7-5-16(6-8-17)19-15-23-20-21(24-11-14-26(19)20)9-12-25(13-10-21)18-3-1-2-4-18;2*3-2(4,5)1(6)7/h5-8,15,18,24H,1-4,9-14H2;2*(H,6,7). The van der Waals surface area contributed by atoms with E-state index in [0.29, 0.717) is 0 Å². The Balaban J connectivity index is 0.000000263. The summed E-state index contributed by atoms with van der Waals surface area (Å²) in [5.74, 6) is -4.53. The Hall–Kier alpha value is -3.20. The maximum atomic E-state index is 13.3. The second kappa shape index (κ2) is 12.5. The van der Waals surface area contributed by atoms with E-state index in [1.54, 1.807) is 0 Å². The van der Waals surface area contributed by atoms with Crippen LogP contribution in [-0.4, -0.2) is 74.6 Å². The second-order valence-corrected chi connectivity index (χ2v) is 9.71. The molecule has 222 valence electrons. The zero-order valence-corrected chi connectivity index (χ0v) is 21.2. The number of piperidine rings is 1. The number of alkyl halides is 6. The van der Waals surface area contributed by atoms with Crippen molar-refractivity contribution < 1.29 is 50.5 Å². The van der Waals surface area contributed by atoms with E-state index in [4.69, 9.17) is 24.8 Å². The van der Waals surface area contributed by atoms with Crippen molar-refractivity contribution in [1.29, 1.82) is 0 Å². The minimum atomic E-state index is -5.08. The van der Waals surface area contributed by atoms with Crippen LogP contribution < -0.4 is 5.32 Å². The van der Waals surface area contributed by atoms with Gasteiger partial charge in [-0.05, 0) is 55.5 Å². The molecule has 0 bridgehead atoms. The number of imidazole rings is 1. The van der Waals surface area contributed by atoms with Crippen LogP contribution in [0.2, 0.25) is 0 Å². The predicted octanol–water partition coefficient (Wildman–Crippen LogP) is 4.79. The molecule has 1 spiro atoms. The second-order valence-electron chi connectivity index (χ2n) is 9.71. The molecular formula is C25H29F7N4O4. The first kappa shape index (κ1) is 31.3. The van der Waals surface area contributed by atoms with Crippen LogP contribution in [0.15, 0.2) is 30.5 Å². The predicted molar refractivity (Wildman–Crippen MR) is 128 cm³/mol. The van der Waals surface area contributed by atoms with Gasteiger partial charge in [-0.1, -0.05) is 12.8 Å². The van der Waals surface area contributed by atoms with E-state index >= 15 is 0 Å². The van der Waals surface area contributed by atoms with Crippen LogP contribution in [0, 0.1) is 5.82 Å². The summed E-state index contributed by atoms with van der Waals surface area (Å²) in [6.45, 7) is 4.23. The molecule has 3 N–H and O–H groups in total. The minimum absolute atomic E-state index is 0.00559. The van der Waals surface area contributed by atoms with Crippen molar-refractivity contribution in [2.45, 2.75) is 69.0 Å². The summed E-state index contributed by atoms with van der Waals surface area (Å²) in [5.41, 5.74) is 2.16. The zero-order chi connectivity index (χ0) is 29.7. The molecule has 8 nitrogen and oxygen atoms in total. The molecule has 1 aromatic carbocycles. The molecular weight excluding hydrogens is 553 g/mol. The van der Waals surface area contributed by atoms with Gasteiger partial charge in [-0.25, -0.2) is 19.0 Å². The number of likely N-dealkylation sites (tertiary alicyclic amines) is 1. The van der Waals surface area contributed by atoms with Crippen LogP contribution in [-0.2, 0) is 21.7 Å². The smallest absolute Gasteiger partial charge is 0.475 e. The quantitative estimate of drug-likeness (QED) is 0.437. The van der Waals surface area contributed by atoms with E-state index in [2.05, 4.69) is 14.8 Å². The SMILES string of the molecule is Fc1ccc(-c2cnc3n2CCNC32CCN(C3CCCC3)CC2)cc1.O=C(O)C(F)(F)F.O=C(O)C(F)(F)F. The number of benzene rings is 1. The maximum Gasteiger partial charge on any atom is 0.490 e. The van der Waals surface area contributed by atoms with Crippen molar-refractivity contribution in [2.75, 3.05) is 19.6 Å². The van der Waals surface area contributed by atoms with Gasteiger partial charge >= 0.3 is 24.3 Å². The van der Waals surface area contributed by atoms with Gasteiger partial charge in [0.2, 0.25) is 0 Å². The van der Waals surface area contributed by atoms with E-state index in [1.807, 2.05) is 18.3 Å². The fraction of sp³-hybridized carbons (Fsp3) is 0.560. The number of hydrogen-bond acceptors (Lipinski definition) is 5. The Morgan fingerprint density at radius 3 is 1.88 bits per heavy atom. The van der Waals surface area contributed by atoms with Gasteiger partial charge in [0.1, 0.15) is 11.6 Å². The van der Waals surface area contributed by atoms with Crippen molar-refractivity contribution in [2.24, 2.45) is 0 Å². The number of nitrogens with zero attached hydrogens (tertiary/aromatic N) is 3. The van der Waals surface area contributed by atoms with Crippen LogP contribution >= 0.6 is 0 Å². The molecule has 2 aromatic rings. The highest BCUT2D eigenvalue weighted by Crippen LogP contribution is 2.38. The van der Waals surface area contributed by atoms with Gasteiger partial charge < -0.3 is 25.0 Å². The van der Waals surface area contributed by atoms with Gasteiger partial charge in [0.25, 0.3) is 0 Å². The van der Waals surface area contributed by atoms with Crippen molar-refractivity contribution in [1.82, 2.24) is 19.8 Å². The molecule has 15 heteroatoms. The van der Waals surface area contributed by atoms with E-state index in [-0.39, 0.29) is 11.4 Å². The van der Waals surface area contributed by atoms with Gasteiger partial charge in [-0.15, -0.1) is 0 Å². The average molecular weight is 583 g/mol. The van der Waals surface area contributed by atoms with Gasteiger partial charge in [-0.2, -0.15) is 26.3 Å². The molecule has 3 heterocycles. The third-order valence-corrected chi connectivity index (χ3v) is 7.20. The van der Waals surface area contributed by atoms with Gasteiger partial charge in [0, 0.05) is 32.2 Å². The van der Waals surface area contributed by atoms with Crippen LogP contribution in [0.3, 0.4) is 0 Å². The summed E-state index contributed by atoms with van der Waals surface area (Å²) in [7, 11) is 0. The lowest BCUT2D eigenvalue weighted by Gasteiger charge is -2.46. The van der Waals surface area contributed by atoms with Gasteiger partial charge in [0.05, 0.1) is 17.4 Å². The van der Waals surface area contributed by atoms with Crippen LogP contribution in [0.1, 0.15) is 44.3 Å². The molecule has 1 aliphatic carbocycles. The fourth-order valence-electron chi connectivity index (χ4n) is 5.26. The summed E-state index contributed by atoms with van der Waals surface area (Å²) < 4.78 is 79.1. The first-order valence-electron chi connectivity index (χ1n) is 12.6. The molecule has 40 heavy (non-hydrogen) atoms.